The number of anilines is 3. The molecule has 2 aromatic heterocycles. The molecule has 10 heteroatoms. The third-order valence-electron chi connectivity index (χ3n) is 7.68. The number of hydrogen-bond donors (Lipinski definition) is 4. The molecule has 0 spiro atoms. The summed E-state index contributed by atoms with van der Waals surface area (Å²) in [5, 5.41) is 35.3. The molecule has 5 rings (SSSR count). The summed E-state index contributed by atoms with van der Waals surface area (Å²) in [5.41, 5.74) is 2.30. The van der Waals surface area contributed by atoms with Gasteiger partial charge in [-0.25, -0.2) is 14.8 Å². The first-order valence-corrected chi connectivity index (χ1v) is 12.0. The van der Waals surface area contributed by atoms with E-state index in [0.29, 0.717) is 60.1 Å². The van der Waals surface area contributed by atoms with Gasteiger partial charge in [0.05, 0.1) is 17.9 Å². The maximum Gasteiger partial charge on any atom is 0.328 e. The maximum atomic E-state index is 13.2. The molecule has 2 saturated carbocycles. The molecular weight excluding hydrogens is 448 g/mol. The molecule has 2 fully saturated rings. The predicted octanol–water partition coefficient (Wildman–Crippen LogP) is 2.46. The van der Waals surface area contributed by atoms with Crippen LogP contribution in [0.1, 0.15) is 52.9 Å². The van der Waals surface area contributed by atoms with Crippen molar-refractivity contribution in [2.45, 2.75) is 44.8 Å². The number of hydrogen-bond acceptors (Lipinski definition) is 8. The summed E-state index contributed by atoms with van der Waals surface area (Å²) < 4.78 is 0. The van der Waals surface area contributed by atoms with Gasteiger partial charge in [-0.2, -0.15) is 5.26 Å². The number of aliphatic hydroxyl groups is 2. The van der Waals surface area contributed by atoms with E-state index < -0.39 is 6.03 Å². The Hall–Kier alpha value is -3.55. The van der Waals surface area contributed by atoms with Gasteiger partial charge in [-0.3, -0.25) is 15.0 Å². The van der Waals surface area contributed by atoms with Crippen molar-refractivity contribution in [3.63, 3.8) is 0 Å². The molecule has 2 amide bonds. The van der Waals surface area contributed by atoms with E-state index in [1.807, 2.05) is 0 Å². The van der Waals surface area contributed by atoms with Crippen LogP contribution in [0.5, 0.6) is 0 Å². The number of amides is 2. The van der Waals surface area contributed by atoms with Crippen molar-refractivity contribution in [1.82, 2.24) is 9.97 Å². The van der Waals surface area contributed by atoms with E-state index in [1.165, 1.54) is 11.1 Å². The molecule has 3 heterocycles. The Morgan fingerprint density at radius 3 is 2.86 bits per heavy atom. The molecule has 4 atom stereocenters. The van der Waals surface area contributed by atoms with Crippen molar-refractivity contribution in [1.29, 1.82) is 5.26 Å². The van der Waals surface area contributed by atoms with Crippen molar-refractivity contribution in [3.8, 4) is 6.07 Å². The Kier molecular flexibility index (Phi) is 6.36. The van der Waals surface area contributed by atoms with Crippen molar-refractivity contribution < 1.29 is 19.8 Å². The minimum atomic E-state index is -0.441. The molecule has 3 aliphatic rings. The number of aldehydes is 1. The number of fused-ring (bicyclic) bond motifs is 3. The highest BCUT2D eigenvalue weighted by Crippen LogP contribution is 2.49. The molecule has 2 aromatic rings. The Balaban J connectivity index is 1.37. The Bertz CT molecular complexity index is 1200. The number of aromatic nitrogens is 2. The summed E-state index contributed by atoms with van der Waals surface area (Å²) >= 11 is 0. The number of rotatable bonds is 6. The Labute approximate surface area is 203 Å². The van der Waals surface area contributed by atoms with Gasteiger partial charge in [-0.1, -0.05) is 0 Å². The van der Waals surface area contributed by atoms with Gasteiger partial charge in [0.25, 0.3) is 0 Å². The lowest BCUT2D eigenvalue weighted by atomic mass is 9.85. The number of carbonyl (C=O) groups excluding carboxylic acids is 2. The van der Waals surface area contributed by atoms with Gasteiger partial charge in [0.2, 0.25) is 0 Å². The zero-order valence-electron chi connectivity index (χ0n) is 19.3. The molecule has 1 aliphatic heterocycles. The summed E-state index contributed by atoms with van der Waals surface area (Å²) in [6, 6.07) is 5.17. The first-order valence-electron chi connectivity index (χ1n) is 12.0. The SMILES string of the molecule is N#Cc1cnc(NC(=O)N2CCCc3cc(CO)c(C=O)nc32)cc1N[C@H]1[C@@H]2CC[C@@H](C2)[C@H]1CO. The summed E-state index contributed by atoms with van der Waals surface area (Å²) in [6.07, 6.45) is 6.74. The highest BCUT2D eigenvalue weighted by Gasteiger charge is 2.47. The van der Waals surface area contributed by atoms with Gasteiger partial charge >= 0.3 is 6.03 Å². The molecular formula is C25H28N6O4. The third-order valence-corrected chi connectivity index (χ3v) is 7.68. The van der Waals surface area contributed by atoms with E-state index in [9.17, 15) is 25.1 Å². The Morgan fingerprint density at radius 1 is 1.29 bits per heavy atom. The van der Waals surface area contributed by atoms with Crippen molar-refractivity contribution in [2.24, 2.45) is 17.8 Å². The zero-order chi connectivity index (χ0) is 24.5. The fraction of sp³-hybridized carbons (Fsp3) is 0.480. The first kappa shape index (κ1) is 23.2. The van der Waals surface area contributed by atoms with Crippen LogP contribution in [0, 0.1) is 29.1 Å². The second-order valence-corrected chi connectivity index (χ2v) is 9.55. The number of aliphatic hydroxyl groups excluding tert-OH is 2. The summed E-state index contributed by atoms with van der Waals surface area (Å²) in [4.78, 5) is 34.6. The molecule has 0 saturated heterocycles. The summed E-state index contributed by atoms with van der Waals surface area (Å²) in [7, 11) is 0. The van der Waals surface area contributed by atoms with Gasteiger partial charge in [0.1, 0.15) is 23.4 Å². The number of pyridine rings is 2. The number of nitrogens with one attached hydrogen (secondary N) is 2. The normalized spacial score (nSPS) is 24.5. The number of carbonyl (C=O) groups is 2. The van der Waals surface area contributed by atoms with Crippen LogP contribution in [0.2, 0.25) is 0 Å². The van der Waals surface area contributed by atoms with Crippen LogP contribution in [-0.2, 0) is 13.0 Å². The highest BCUT2D eigenvalue weighted by molar-refractivity contribution is 6.01. The lowest BCUT2D eigenvalue weighted by molar-refractivity contribution is 0.111. The summed E-state index contributed by atoms with van der Waals surface area (Å²) in [6.45, 7) is 0.232. The van der Waals surface area contributed by atoms with E-state index in [0.717, 1.165) is 24.8 Å². The maximum absolute atomic E-state index is 13.2. The third kappa shape index (κ3) is 4.22. The molecule has 0 unspecified atom stereocenters. The van der Waals surface area contributed by atoms with Crippen molar-refractivity contribution >= 4 is 29.6 Å². The summed E-state index contributed by atoms with van der Waals surface area (Å²) in [5.74, 6) is 1.80. The number of urea groups is 1. The van der Waals surface area contributed by atoms with E-state index in [-0.39, 0.29) is 36.7 Å². The molecule has 2 aliphatic carbocycles. The Morgan fingerprint density at radius 2 is 2.11 bits per heavy atom. The molecule has 10 nitrogen and oxygen atoms in total. The van der Waals surface area contributed by atoms with Crippen molar-refractivity contribution in [2.75, 3.05) is 28.7 Å². The average molecular weight is 477 g/mol. The standard InChI is InChI=1S/C25H28N6O4/c26-9-18-10-27-22(8-20(18)28-23-15-4-3-14(6-15)19(23)12-33)30-25(35)31-5-1-2-16-7-17(11-32)21(13-34)29-24(16)31/h7-8,10,13-15,19,23,32-33H,1-6,11-12H2,(H2,27,28,30,35)/t14-,15+,19+,23-/m0/s1. The fourth-order valence-electron chi connectivity index (χ4n) is 5.97. The smallest absolute Gasteiger partial charge is 0.328 e. The molecule has 182 valence electrons. The zero-order valence-corrected chi connectivity index (χ0v) is 19.3. The van der Waals surface area contributed by atoms with Crippen LogP contribution in [0.3, 0.4) is 0 Å². The predicted molar refractivity (Wildman–Crippen MR) is 128 cm³/mol. The molecule has 35 heavy (non-hydrogen) atoms. The molecule has 4 N–H and O–H groups in total. The van der Waals surface area contributed by atoms with E-state index in [4.69, 9.17) is 0 Å². The number of nitrogens with zero attached hydrogens (tertiary/aromatic N) is 4. The topological polar surface area (TPSA) is 151 Å². The second kappa shape index (κ2) is 9.60. The van der Waals surface area contributed by atoms with E-state index in [1.54, 1.807) is 12.1 Å². The van der Waals surface area contributed by atoms with Crippen LogP contribution in [0.25, 0.3) is 0 Å². The molecule has 0 radical (unpaired) electrons. The molecule has 2 bridgehead atoms. The van der Waals surface area contributed by atoms with Crippen LogP contribution in [0.4, 0.5) is 22.1 Å². The van der Waals surface area contributed by atoms with Crippen LogP contribution >= 0.6 is 0 Å². The van der Waals surface area contributed by atoms with Gasteiger partial charge in [0.15, 0.2) is 6.29 Å². The minimum Gasteiger partial charge on any atom is -0.396 e. The highest BCUT2D eigenvalue weighted by atomic mass is 16.3. The lowest BCUT2D eigenvalue weighted by Crippen LogP contribution is -2.40. The van der Waals surface area contributed by atoms with E-state index in [2.05, 4.69) is 26.7 Å². The lowest BCUT2D eigenvalue weighted by Gasteiger charge is -2.31. The van der Waals surface area contributed by atoms with Gasteiger partial charge in [-0.15, -0.1) is 0 Å². The monoisotopic (exact) mass is 476 g/mol. The van der Waals surface area contributed by atoms with Crippen molar-refractivity contribution in [3.05, 3.63) is 40.7 Å². The quantitative estimate of drug-likeness (QED) is 0.464. The van der Waals surface area contributed by atoms with Crippen LogP contribution in [-0.4, -0.2) is 51.7 Å². The first-order chi connectivity index (χ1) is 17.1. The van der Waals surface area contributed by atoms with Gasteiger partial charge < -0.3 is 15.5 Å². The fourth-order valence-corrected chi connectivity index (χ4v) is 5.97. The van der Waals surface area contributed by atoms with Crippen LogP contribution < -0.4 is 15.5 Å². The second-order valence-electron chi connectivity index (χ2n) is 9.55. The van der Waals surface area contributed by atoms with Gasteiger partial charge in [-0.05, 0) is 55.6 Å². The largest absolute Gasteiger partial charge is 0.396 e. The minimum absolute atomic E-state index is 0.0810. The molecule has 0 aromatic carbocycles. The van der Waals surface area contributed by atoms with Crippen LogP contribution in [0.15, 0.2) is 18.3 Å². The average Bonchev–Trinajstić information content (AvgIpc) is 3.49. The van der Waals surface area contributed by atoms with E-state index >= 15 is 0 Å². The van der Waals surface area contributed by atoms with Gasteiger partial charge in [0, 0.05) is 42.9 Å². The number of nitriles is 1. The number of aryl methyl sites for hydroxylation is 1.